The van der Waals surface area contributed by atoms with Gasteiger partial charge in [0, 0.05) is 6.42 Å². The van der Waals surface area contributed by atoms with Crippen molar-refractivity contribution in [2.24, 2.45) is 0 Å². The molecular weight excluding hydrogens is 440 g/mol. The molecule has 1 heterocycles. The quantitative estimate of drug-likeness (QED) is 0.396. The van der Waals surface area contributed by atoms with Gasteiger partial charge in [0.05, 0.1) is 17.7 Å². The number of rotatable bonds is 7. The number of halogens is 6. The largest absolute Gasteiger partial charge is 0.416 e. The van der Waals surface area contributed by atoms with Gasteiger partial charge in [-0.1, -0.05) is 30.3 Å². The fourth-order valence-corrected chi connectivity index (χ4v) is 3.21. The first kappa shape index (κ1) is 23.3. The molecule has 0 aliphatic heterocycles. The molecule has 0 bridgehead atoms. The van der Waals surface area contributed by atoms with Crippen LogP contribution in [0.5, 0.6) is 0 Å². The zero-order valence-electron chi connectivity index (χ0n) is 16.5. The number of nitrogens with zero attached hydrogens (tertiary/aromatic N) is 3. The van der Waals surface area contributed by atoms with Crippen molar-refractivity contribution in [3.8, 4) is 0 Å². The summed E-state index contributed by atoms with van der Waals surface area (Å²) in [5, 5.41) is 4.04. The lowest BCUT2D eigenvalue weighted by Gasteiger charge is -2.14. The van der Waals surface area contributed by atoms with Gasteiger partial charge in [0.15, 0.2) is 0 Å². The van der Waals surface area contributed by atoms with Crippen LogP contribution in [0.2, 0.25) is 0 Å². The number of hydrogen-bond acceptors (Lipinski definition) is 3. The second kappa shape index (κ2) is 9.01. The maximum absolute atomic E-state index is 13.1. The molecule has 1 aromatic heterocycles. The van der Waals surface area contributed by atoms with Crippen molar-refractivity contribution in [1.82, 2.24) is 14.3 Å². The van der Waals surface area contributed by atoms with E-state index in [-0.39, 0.29) is 43.4 Å². The van der Waals surface area contributed by atoms with E-state index in [1.807, 2.05) is 0 Å². The number of benzene rings is 2. The van der Waals surface area contributed by atoms with Gasteiger partial charge in [0.25, 0.3) is 0 Å². The lowest BCUT2D eigenvalue weighted by atomic mass is 10.0. The fraction of sp³-hybridized carbons (Fsp3) is 0.286. The van der Waals surface area contributed by atoms with Crippen LogP contribution in [-0.4, -0.2) is 20.6 Å². The molecule has 3 aromatic rings. The third-order valence-electron chi connectivity index (χ3n) is 4.72. The van der Waals surface area contributed by atoms with E-state index in [1.165, 1.54) is 4.57 Å². The highest BCUT2D eigenvalue weighted by atomic mass is 19.4. The molecule has 11 heteroatoms. The SMILES string of the molecule is O=CCn1nc(CCc2cc(C(F)(F)F)cc(C(F)(F)F)c2)n(Cc2ccccc2)c1=O. The molecular formula is C21H17F6N3O2. The van der Waals surface area contributed by atoms with Crippen LogP contribution in [0.3, 0.4) is 0 Å². The third kappa shape index (κ3) is 5.45. The van der Waals surface area contributed by atoms with Gasteiger partial charge >= 0.3 is 18.0 Å². The minimum Gasteiger partial charge on any atom is -0.301 e. The number of hydrogen-bond donors (Lipinski definition) is 0. The summed E-state index contributed by atoms with van der Waals surface area (Å²) in [6.45, 7) is -0.236. The van der Waals surface area contributed by atoms with Crippen LogP contribution in [0.25, 0.3) is 0 Å². The second-order valence-corrected chi connectivity index (χ2v) is 7.03. The zero-order valence-corrected chi connectivity index (χ0v) is 16.5. The standard InChI is InChI=1S/C21H17F6N3O2/c22-20(23,24)16-10-15(11-17(12-16)21(25,26)27)6-7-18-28-30(8-9-31)19(32)29(18)13-14-4-2-1-3-5-14/h1-5,9-12H,6-8,13H2. The van der Waals surface area contributed by atoms with Crippen molar-refractivity contribution in [3.63, 3.8) is 0 Å². The molecule has 0 N–H and O–H groups in total. The van der Waals surface area contributed by atoms with E-state index < -0.39 is 29.2 Å². The Morgan fingerprint density at radius 1 is 0.844 bits per heavy atom. The summed E-state index contributed by atoms with van der Waals surface area (Å²) in [5.74, 6) is 0.145. The first-order valence-electron chi connectivity index (χ1n) is 9.41. The van der Waals surface area contributed by atoms with Gasteiger partial charge in [0.2, 0.25) is 0 Å². The molecule has 3 rings (SSSR count). The first-order chi connectivity index (χ1) is 15.0. The molecule has 0 atom stereocenters. The fourth-order valence-electron chi connectivity index (χ4n) is 3.21. The molecule has 0 saturated heterocycles. The lowest BCUT2D eigenvalue weighted by Crippen LogP contribution is -2.26. The second-order valence-electron chi connectivity index (χ2n) is 7.03. The Morgan fingerprint density at radius 3 is 1.97 bits per heavy atom. The topological polar surface area (TPSA) is 56.9 Å². The normalized spacial score (nSPS) is 12.2. The first-order valence-corrected chi connectivity index (χ1v) is 9.41. The molecule has 0 aliphatic carbocycles. The zero-order chi connectivity index (χ0) is 23.5. The van der Waals surface area contributed by atoms with Gasteiger partial charge in [0.1, 0.15) is 18.7 Å². The summed E-state index contributed by atoms with van der Waals surface area (Å²) in [6.07, 6.45) is -9.76. The van der Waals surface area contributed by atoms with Gasteiger partial charge in [-0.25, -0.2) is 9.48 Å². The van der Waals surface area contributed by atoms with Gasteiger partial charge in [-0.3, -0.25) is 4.57 Å². The van der Waals surface area contributed by atoms with Crippen molar-refractivity contribution in [2.75, 3.05) is 0 Å². The van der Waals surface area contributed by atoms with E-state index in [1.54, 1.807) is 30.3 Å². The Balaban J connectivity index is 1.95. The molecule has 0 fully saturated rings. The molecule has 0 spiro atoms. The number of carbonyl (C=O) groups excluding carboxylic acids is 1. The minimum atomic E-state index is -4.95. The lowest BCUT2D eigenvalue weighted by molar-refractivity contribution is -0.143. The van der Waals surface area contributed by atoms with Crippen molar-refractivity contribution in [3.05, 3.63) is 87.1 Å². The monoisotopic (exact) mass is 457 g/mol. The van der Waals surface area contributed by atoms with E-state index in [0.717, 1.165) is 10.2 Å². The summed E-state index contributed by atoms with van der Waals surface area (Å²) in [4.78, 5) is 23.4. The predicted molar refractivity (Wildman–Crippen MR) is 102 cm³/mol. The summed E-state index contributed by atoms with van der Waals surface area (Å²) >= 11 is 0. The van der Waals surface area contributed by atoms with E-state index in [9.17, 15) is 35.9 Å². The summed E-state index contributed by atoms with van der Waals surface area (Å²) in [6, 6.07) is 10.1. The third-order valence-corrected chi connectivity index (χ3v) is 4.72. The van der Waals surface area contributed by atoms with Crippen LogP contribution in [0.1, 0.15) is 28.1 Å². The Morgan fingerprint density at radius 2 is 1.44 bits per heavy atom. The van der Waals surface area contributed by atoms with Crippen LogP contribution in [0, 0.1) is 0 Å². The maximum atomic E-state index is 13.1. The van der Waals surface area contributed by atoms with Crippen LogP contribution in [-0.2, 0) is 43.1 Å². The van der Waals surface area contributed by atoms with E-state index in [2.05, 4.69) is 5.10 Å². The smallest absolute Gasteiger partial charge is 0.301 e. The molecule has 170 valence electrons. The van der Waals surface area contributed by atoms with E-state index in [4.69, 9.17) is 0 Å². The summed E-state index contributed by atoms with van der Waals surface area (Å²) in [5.41, 5.74) is -2.88. The van der Waals surface area contributed by atoms with Gasteiger partial charge < -0.3 is 4.79 Å². The van der Waals surface area contributed by atoms with Crippen LogP contribution in [0.15, 0.2) is 53.3 Å². The summed E-state index contributed by atoms with van der Waals surface area (Å²) in [7, 11) is 0. The molecule has 0 radical (unpaired) electrons. The number of aromatic nitrogens is 3. The molecule has 0 aliphatic rings. The maximum Gasteiger partial charge on any atom is 0.416 e. The van der Waals surface area contributed by atoms with Gasteiger partial charge in [-0.05, 0) is 35.7 Å². The van der Waals surface area contributed by atoms with Crippen molar-refractivity contribution in [2.45, 2.75) is 38.3 Å². The Kier molecular flexibility index (Phi) is 6.56. The molecule has 0 unspecified atom stereocenters. The molecule has 0 amide bonds. The molecule has 5 nitrogen and oxygen atoms in total. The highest BCUT2D eigenvalue weighted by Crippen LogP contribution is 2.36. The Bertz CT molecular complexity index is 1110. The molecule has 0 saturated carbocycles. The minimum absolute atomic E-state index is 0.0631. The number of carbonyl (C=O) groups is 1. The van der Waals surface area contributed by atoms with E-state index in [0.29, 0.717) is 18.4 Å². The number of aryl methyl sites for hydroxylation is 2. The van der Waals surface area contributed by atoms with Crippen LogP contribution >= 0.6 is 0 Å². The van der Waals surface area contributed by atoms with Crippen LogP contribution < -0.4 is 5.69 Å². The highest BCUT2D eigenvalue weighted by Gasteiger charge is 2.36. The Labute approximate surface area is 177 Å². The molecule has 32 heavy (non-hydrogen) atoms. The van der Waals surface area contributed by atoms with Gasteiger partial charge in [-0.15, -0.1) is 0 Å². The van der Waals surface area contributed by atoms with Crippen molar-refractivity contribution in [1.29, 1.82) is 0 Å². The molecule has 2 aromatic carbocycles. The number of aldehydes is 1. The predicted octanol–water partition coefficient (Wildman–Crippen LogP) is 4.11. The average molecular weight is 457 g/mol. The van der Waals surface area contributed by atoms with Gasteiger partial charge in [-0.2, -0.15) is 31.4 Å². The number of alkyl halides is 6. The van der Waals surface area contributed by atoms with Crippen molar-refractivity contribution >= 4 is 6.29 Å². The average Bonchev–Trinajstić information content (AvgIpc) is 3.01. The van der Waals surface area contributed by atoms with Crippen LogP contribution in [0.4, 0.5) is 26.3 Å². The van der Waals surface area contributed by atoms with Crippen molar-refractivity contribution < 1.29 is 31.1 Å². The highest BCUT2D eigenvalue weighted by molar-refractivity contribution is 5.48. The van der Waals surface area contributed by atoms with E-state index >= 15 is 0 Å². The summed E-state index contributed by atoms with van der Waals surface area (Å²) < 4.78 is 80.7. The Hall–Kier alpha value is -3.37.